The van der Waals surface area contributed by atoms with Gasteiger partial charge >= 0.3 is 0 Å². The lowest BCUT2D eigenvalue weighted by atomic mass is 10.2. The molecule has 1 N–H and O–H groups in total. The molecule has 0 bridgehead atoms. The Bertz CT molecular complexity index is 684. The second-order valence-corrected chi connectivity index (χ2v) is 4.80. The van der Waals surface area contributed by atoms with E-state index in [1.54, 1.807) is 11.0 Å². The van der Waals surface area contributed by atoms with Crippen LogP contribution in [0.15, 0.2) is 43.0 Å². The first kappa shape index (κ1) is 13.3. The van der Waals surface area contributed by atoms with E-state index in [1.165, 1.54) is 5.56 Å². The number of nitrogens with one attached hydrogen (secondary N) is 1. The molecule has 1 aromatic carbocycles. The van der Waals surface area contributed by atoms with Gasteiger partial charge in [-0.15, -0.1) is 5.10 Å². The standard InChI is InChI=1S/C14H17N7/c1-3-20-9-12(8-16-20)11(2)17-13-4-6-14(7-5-13)21-10-15-18-19-21/h4-11,17H,3H2,1-2H3. The summed E-state index contributed by atoms with van der Waals surface area (Å²) in [5.74, 6) is 0. The van der Waals surface area contributed by atoms with E-state index >= 15 is 0 Å². The van der Waals surface area contributed by atoms with Crippen molar-refractivity contribution in [2.24, 2.45) is 0 Å². The highest BCUT2D eigenvalue weighted by Gasteiger charge is 2.08. The van der Waals surface area contributed by atoms with Gasteiger partial charge in [0.05, 0.1) is 17.9 Å². The van der Waals surface area contributed by atoms with Crippen LogP contribution in [0.25, 0.3) is 5.69 Å². The summed E-state index contributed by atoms with van der Waals surface area (Å²) in [5, 5.41) is 18.9. The van der Waals surface area contributed by atoms with Crippen LogP contribution in [-0.4, -0.2) is 30.0 Å². The fourth-order valence-electron chi connectivity index (χ4n) is 2.10. The van der Waals surface area contributed by atoms with Crippen LogP contribution < -0.4 is 5.32 Å². The van der Waals surface area contributed by atoms with Gasteiger partial charge in [0.1, 0.15) is 6.33 Å². The molecule has 1 unspecified atom stereocenters. The Hall–Kier alpha value is -2.70. The quantitative estimate of drug-likeness (QED) is 0.775. The maximum atomic E-state index is 4.30. The van der Waals surface area contributed by atoms with Gasteiger partial charge in [0.25, 0.3) is 0 Å². The van der Waals surface area contributed by atoms with Gasteiger partial charge in [-0.3, -0.25) is 4.68 Å². The fraction of sp³-hybridized carbons (Fsp3) is 0.286. The summed E-state index contributed by atoms with van der Waals surface area (Å²) >= 11 is 0. The highest BCUT2D eigenvalue weighted by Crippen LogP contribution is 2.19. The third kappa shape index (κ3) is 2.91. The predicted molar refractivity (Wildman–Crippen MR) is 79.1 cm³/mol. The molecular weight excluding hydrogens is 266 g/mol. The van der Waals surface area contributed by atoms with E-state index in [2.05, 4.69) is 46.0 Å². The maximum Gasteiger partial charge on any atom is 0.143 e. The summed E-state index contributed by atoms with van der Waals surface area (Å²) in [7, 11) is 0. The van der Waals surface area contributed by atoms with Crippen molar-refractivity contribution in [3.63, 3.8) is 0 Å². The zero-order chi connectivity index (χ0) is 14.7. The van der Waals surface area contributed by atoms with E-state index in [-0.39, 0.29) is 6.04 Å². The normalized spacial score (nSPS) is 12.3. The Morgan fingerprint density at radius 2 is 2.05 bits per heavy atom. The lowest BCUT2D eigenvalue weighted by Crippen LogP contribution is -2.06. The largest absolute Gasteiger partial charge is 0.378 e. The number of rotatable bonds is 5. The number of hydrogen-bond acceptors (Lipinski definition) is 5. The summed E-state index contributed by atoms with van der Waals surface area (Å²) in [6.45, 7) is 5.08. The van der Waals surface area contributed by atoms with Crippen LogP contribution in [0.2, 0.25) is 0 Å². The molecule has 0 fully saturated rings. The number of benzene rings is 1. The molecule has 0 spiro atoms. The molecule has 108 valence electrons. The van der Waals surface area contributed by atoms with Crippen LogP contribution in [0.4, 0.5) is 5.69 Å². The number of hydrogen-bond donors (Lipinski definition) is 1. The molecular formula is C14H17N7. The molecule has 0 aliphatic rings. The molecule has 7 nitrogen and oxygen atoms in total. The number of aryl methyl sites for hydroxylation is 1. The highest BCUT2D eigenvalue weighted by atomic mass is 15.5. The average molecular weight is 283 g/mol. The summed E-state index contributed by atoms with van der Waals surface area (Å²) in [4.78, 5) is 0. The number of tetrazole rings is 1. The van der Waals surface area contributed by atoms with Gasteiger partial charge in [-0.25, -0.2) is 4.68 Å². The molecule has 0 amide bonds. The minimum absolute atomic E-state index is 0.198. The van der Waals surface area contributed by atoms with Gasteiger partial charge in [-0.2, -0.15) is 5.10 Å². The van der Waals surface area contributed by atoms with Crippen LogP contribution in [0.1, 0.15) is 25.5 Å². The molecule has 3 aromatic rings. The third-order valence-corrected chi connectivity index (χ3v) is 3.34. The number of aromatic nitrogens is 6. The predicted octanol–water partition coefficient (Wildman–Crippen LogP) is 2.05. The molecule has 0 aliphatic carbocycles. The minimum Gasteiger partial charge on any atom is -0.378 e. The Balaban J connectivity index is 1.70. The van der Waals surface area contributed by atoms with Crippen molar-refractivity contribution in [1.82, 2.24) is 30.0 Å². The van der Waals surface area contributed by atoms with Crippen molar-refractivity contribution in [1.29, 1.82) is 0 Å². The van der Waals surface area contributed by atoms with E-state index in [0.717, 1.165) is 17.9 Å². The summed E-state index contributed by atoms with van der Waals surface area (Å²) in [6.07, 6.45) is 5.54. The fourth-order valence-corrected chi connectivity index (χ4v) is 2.10. The van der Waals surface area contributed by atoms with Gasteiger partial charge in [0.2, 0.25) is 0 Å². The molecule has 3 rings (SSSR count). The van der Waals surface area contributed by atoms with Crippen LogP contribution in [0.5, 0.6) is 0 Å². The third-order valence-electron chi connectivity index (χ3n) is 3.34. The van der Waals surface area contributed by atoms with E-state index in [9.17, 15) is 0 Å². The molecule has 1 atom stereocenters. The Kier molecular flexibility index (Phi) is 3.63. The number of anilines is 1. The molecule has 7 heteroatoms. The van der Waals surface area contributed by atoms with E-state index in [1.807, 2.05) is 35.1 Å². The second-order valence-electron chi connectivity index (χ2n) is 4.80. The zero-order valence-electron chi connectivity index (χ0n) is 12.0. The summed E-state index contributed by atoms with van der Waals surface area (Å²) in [6, 6.07) is 8.17. The van der Waals surface area contributed by atoms with Crippen molar-refractivity contribution in [2.75, 3.05) is 5.32 Å². The molecule has 0 aliphatic heterocycles. The van der Waals surface area contributed by atoms with Crippen molar-refractivity contribution >= 4 is 5.69 Å². The summed E-state index contributed by atoms with van der Waals surface area (Å²) < 4.78 is 3.55. The van der Waals surface area contributed by atoms with E-state index in [0.29, 0.717) is 0 Å². The minimum atomic E-state index is 0.198. The molecule has 21 heavy (non-hydrogen) atoms. The molecule has 2 aromatic heterocycles. The van der Waals surface area contributed by atoms with Gasteiger partial charge in [-0.1, -0.05) is 0 Å². The van der Waals surface area contributed by atoms with Gasteiger partial charge in [-0.05, 0) is 48.5 Å². The van der Waals surface area contributed by atoms with Crippen LogP contribution in [0.3, 0.4) is 0 Å². The number of nitrogens with zero attached hydrogens (tertiary/aromatic N) is 6. The van der Waals surface area contributed by atoms with E-state index < -0.39 is 0 Å². The van der Waals surface area contributed by atoms with Gasteiger partial charge < -0.3 is 5.32 Å². The zero-order valence-corrected chi connectivity index (χ0v) is 12.0. The van der Waals surface area contributed by atoms with Crippen molar-refractivity contribution in [3.8, 4) is 5.69 Å². The van der Waals surface area contributed by atoms with Crippen molar-refractivity contribution < 1.29 is 0 Å². The van der Waals surface area contributed by atoms with Crippen LogP contribution in [-0.2, 0) is 6.54 Å². The topological polar surface area (TPSA) is 73.5 Å². The first-order valence-corrected chi connectivity index (χ1v) is 6.88. The van der Waals surface area contributed by atoms with E-state index in [4.69, 9.17) is 0 Å². The lowest BCUT2D eigenvalue weighted by Gasteiger charge is -2.14. The van der Waals surface area contributed by atoms with Crippen LogP contribution >= 0.6 is 0 Å². The maximum absolute atomic E-state index is 4.30. The highest BCUT2D eigenvalue weighted by molar-refractivity contribution is 5.49. The smallest absolute Gasteiger partial charge is 0.143 e. The van der Waals surface area contributed by atoms with Crippen molar-refractivity contribution in [2.45, 2.75) is 26.4 Å². The lowest BCUT2D eigenvalue weighted by molar-refractivity contribution is 0.658. The van der Waals surface area contributed by atoms with Gasteiger partial charge in [0, 0.05) is 24.0 Å². The van der Waals surface area contributed by atoms with Gasteiger partial charge in [0.15, 0.2) is 0 Å². The first-order chi connectivity index (χ1) is 10.3. The molecule has 0 saturated carbocycles. The Morgan fingerprint density at radius 1 is 1.24 bits per heavy atom. The molecule has 2 heterocycles. The first-order valence-electron chi connectivity index (χ1n) is 6.88. The second kappa shape index (κ2) is 5.74. The Labute approximate surface area is 122 Å². The monoisotopic (exact) mass is 283 g/mol. The molecule has 0 saturated heterocycles. The molecule has 0 radical (unpaired) electrons. The average Bonchev–Trinajstić information content (AvgIpc) is 3.19. The summed E-state index contributed by atoms with van der Waals surface area (Å²) in [5.41, 5.74) is 3.14. The Morgan fingerprint density at radius 3 is 2.67 bits per heavy atom. The van der Waals surface area contributed by atoms with Crippen LogP contribution in [0, 0.1) is 0 Å². The van der Waals surface area contributed by atoms with Crippen molar-refractivity contribution in [3.05, 3.63) is 48.5 Å². The SMILES string of the molecule is CCn1cc(C(C)Nc2ccc(-n3cnnn3)cc2)cn1.